The molecule has 1 amide bonds. The number of rotatable bonds is 6. The molecule has 29 heavy (non-hydrogen) atoms. The zero-order chi connectivity index (χ0) is 20.1. The van der Waals surface area contributed by atoms with Crippen LogP contribution in [0.4, 0.5) is 0 Å². The molecule has 0 saturated heterocycles. The minimum atomic E-state index is -0.104. The Kier molecular flexibility index (Phi) is 5.92. The van der Waals surface area contributed by atoms with E-state index >= 15 is 0 Å². The molecule has 0 radical (unpaired) electrons. The Morgan fingerprint density at radius 2 is 1.66 bits per heavy atom. The van der Waals surface area contributed by atoms with Gasteiger partial charge in [0, 0.05) is 18.9 Å². The number of benzene rings is 3. The van der Waals surface area contributed by atoms with Crippen molar-refractivity contribution < 1.29 is 14.6 Å². The highest BCUT2D eigenvalue weighted by atomic mass is 16.5. The zero-order valence-corrected chi connectivity index (χ0v) is 16.3. The summed E-state index contributed by atoms with van der Waals surface area (Å²) in [5.74, 6) is 0.132. The lowest BCUT2D eigenvalue weighted by Crippen LogP contribution is -2.32. The number of fused-ring (bicyclic) bond motifs is 1. The van der Waals surface area contributed by atoms with E-state index in [-0.39, 0.29) is 23.7 Å². The van der Waals surface area contributed by atoms with Crippen LogP contribution in [0.3, 0.4) is 0 Å². The molecule has 4 nitrogen and oxygen atoms in total. The van der Waals surface area contributed by atoms with Gasteiger partial charge in [0.15, 0.2) is 0 Å². The average Bonchev–Trinajstić information content (AvgIpc) is 2.77. The van der Waals surface area contributed by atoms with E-state index < -0.39 is 0 Å². The lowest BCUT2D eigenvalue weighted by Gasteiger charge is -2.26. The zero-order valence-electron chi connectivity index (χ0n) is 16.3. The third-order valence-corrected chi connectivity index (χ3v) is 5.46. The van der Waals surface area contributed by atoms with Gasteiger partial charge in [0.2, 0.25) is 5.91 Å². The van der Waals surface area contributed by atoms with Crippen molar-refractivity contribution in [2.45, 2.75) is 24.9 Å². The third-order valence-electron chi connectivity index (χ3n) is 5.46. The number of amides is 1. The van der Waals surface area contributed by atoms with Crippen molar-refractivity contribution in [3.8, 4) is 5.75 Å². The molecule has 3 aromatic rings. The first kappa shape index (κ1) is 19.2. The molecule has 0 bridgehead atoms. The molecule has 3 aromatic carbocycles. The van der Waals surface area contributed by atoms with E-state index in [9.17, 15) is 9.90 Å². The topological polar surface area (TPSA) is 58.6 Å². The fourth-order valence-electron chi connectivity index (χ4n) is 3.93. The van der Waals surface area contributed by atoms with Gasteiger partial charge in [0.1, 0.15) is 11.9 Å². The molecule has 0 unspecified atom stereocenters. The van der Waals surface area contributed by atoms with Crippen molar-refractivity contribution >= 4 is 5.91 Å². The van der Waals surface area contributed by atoms with Crippen molar-refractivity contribution in [2.75, 3.05) is 13.2 Å². The summed E-state index contributed by atoms with van der Waals surface area (Å²) in [6.45, 7) is 1.14. The van der Waals surface area contributed by atoms with Gasteiger partial charge in [-0.3, -0.25) is 4.79 Å². The minimum Gasteiger partial charge on any atom is -0.508 e. The molecule has 2 N–H and O–H groups in total. The number of carbonyl (C=O) groups is 1. The van der Waals surface area contributed by atoms with Crippen LogP contribution in [0.1, 0.15) is 40.7 Å². The number of aromatic hydroxyl groups is 1. The SMILES string of the molecule is O=C(C[C@H](c1ccccc1)c1ccc(O)cc1)NC[C@@H]1OCCc2ccccc21. The van der Waals surface area contributed by atoms with Gasteiger partial charge in [-0.1, -0.05) is 66.7 Å². The Morgan fingerprint density at radius 1 is 0.966 bits per heavy atom. The Morgan fingerprint density at radius 3 is 2.45 bits per heavy atom. The Balaban J connectivity index is 1.46. The fourth-order valence-corrected chi connectivity index (χ4v) is 3.93. The molecule has 0 saturated carbocycles. The molecule has 0 aromatic heterocycles. The summed E-state index contributed by atoms with van der Waals surface area (Å²) < 4.78 is 5.90. The maximum Gasteiger partial charge on any atom is 0.221 e. The number of hydrogen-bond donors (Lipinski definition) is 2. The maximum atomic E-state index is 12.8. The molecule has 4 rings (SSSR count). The highest BCUT2D eigenvalue weighted by Crippen LogP contribution is 2.30. The highest BCUT2D eigenvalue weighted by molar-refractivity contribution is 5.77. The minimum absolute atomic E-state index is 0.0152. The van der Waals surface area contributed by atoms with E-state index in [2.05, 4.69) is 17.4 Å². The van der Waals surface area contributed by atoms with E-state index in [0.29, 0.717) is 19.6 Å². The quantitative estimate of drug-likeness (QED) is 0.661. The van der Waals surface area contributed by atoms with Gasteiger partial charge in [-0.25, -0.2) is 0 Å². The van der Waals surface area contributed by atoms with Gasteiger partial charge in [0.05, 0.1) is 6.61 Å². The van der Waals surface area contributed by atoms with Crippen LogP contribution < -0.4 is 5.32 Å². The second kappa shape index (κ2) is 8.93. The van der Waals surface area contributed by atoms with Crippen LogP contribution in [0.25, 0.3) is 0 Å². The van der Waals surface area contributed by atoms with Crippen LogP contribution >= 0.6 is 0 Å². The summed E-state index contributed by atoms with van der Waals surface area (Å²) in [4.78, 5) is 12.8. The smallest absolute Gasteiger partial charge is 0.221 e. The second-order valence-electron chi connectivity index (χ2n) is 7.37. The summed E-state index contributed by atoms with van der Waals surface area (Å²) in [6.07, 6.45) is 1.15. The van der Waals surface area contributed by atoms with Crippen molar-refractivity contribution in [3.05, 3.63) is 101 Å². The van der Waals surface area contributed by atoms with Gasteiger partial charge in [-0.2, -0.15) is 0 Å². The Hall–Kier alpha value is -3.11. The highest BCUT2D eigenvalue weighted by Gasteiger charge is 2.23. The number of hydrogen-bond acceptors (Lipinski definition) is 3. The van der Waals surface area contributed by atoms with Gasteiger partial charge in [-0.05, 0) is 40.8 Å². The van der Waals surface area contributed by atoms with Crippen molar-refractivity contribution in [1.82, 2.24) is 5.32 Å². The largest absolute Gasteiger partial charge is 0.508 e. The van der Waals surface area contributed by atoms with Gasteiger partial charge < -0.3 is 15.2 Å². The second-order valence-corrected chi connectivity index (χ2v) is 7.37. The molecule has 2 atom stereocenters. The molecule has 148 valence electrons. The first-order chi connectivity index (χ1) is 14.2. The molecule has 0 aliphatic carbocycles. The van der Waals surface area contributed by atoms with Crippen LogP contribution in [0.2, 0.25) is 0 Å². The van der Waals surface area contributed by atoms with Crippen molar-refractivity contribution in [1.29, 1.82) is 0 Å². The number of nitrogens with one attached hydrogen (secondary N) is 1. The van der Waals surface area contributed by atoms with E-state index in [1.165, 1.54) is 5.56 Å². The summed E-state index contributed by atoms with van der Waals surface area (Å²) in [5.41, 5.74) is 4.54. The molecule has 1 heterocycles. The van der Waals surface area contributed by atoms with Gasteiger partial charge >= 0.3 is 0 Å². The van der Waals surface area contributed by atoms with E-state index in [4.69, 9.17) is 4.74 Å². The third kappa shape index (κ3) is 4.66. The standard InChI is InChI=1S/C25H25NO3/c27-21-12-10-20(11-13-21)23(18-6-2-1-3-7-18)16-25(28)26-17-24-22-9-5-4-8-19(22)14-15-29-24/h1-13,23-24,27H,14-17H2,(H,26,28)/t23-,24+/m1/s1. The monoisotopic (exact) mass is 387 g/mol. The number of ether oxygens (including phenoxy) is 1. The van der Waals surface area contributed by atoms with Crippen LogP contribution in [0.5, 0.6) is 5.75 Å². The van der Waals surface area contributed by atoms with E-state index in [1.807, 2.05) is 54.6 Å². The van der Waals surface area contributed by atoms with Crippen LogP contribution in [-0.2, 0) is 16.0 Å². The average molecular weight is 387 g/mol. The molecule has 1 aliphatic heterocycles. The first-order valence-electron chi connectivity index (χ1n) is 10.0. The molecule has 4 heteroatoms. The summed E-state index contributed by atoms with van der Waals surface area (Å²) >= 11 is 0. The predicted molar refractivity (Wildman–Crippen MR) is 113 cm³/mol. The summed E-state index contributed by atoms with van der Waals surface area (Å²) in [5, 5.41) is 12.7. The van der Waals surface area contributed by atoms with Gasteiger partial charge in [-0.15, -0.1) is 0 Å². The van der Waals surface area contributed by atoms with Crippen LogP contribution in [-0.4, -0.2) is 24.2 Å². The summed E-state index contributed by atoms with van der Waals surface area (Å²) in [6, 6.07) is 25.3. The molecule has 0 spiro atoms. The molecule has 1 aliphatic rings. The lowest BCUT2D eigenvalue weighted by atomic mass is 9.88. The number of carbonyl (C=O) groups excluding carboxylic acids is 1. The maximum absolute atomic E-state index is 12.8. The van der Waals surface area contributed by atoms with E-state index in [0.717, 1.165) is 23.1 Å². The van der Waals surface area contributed by atoms with Crippen LogP contribution in [0, 0.1) is 0 Å². The molecule has 0 fully saturated rings. The van der Waals surface area contributed by atoms with Crippen LogP contribution in [0.15, 0.2) is 78.9 Å². The molecular weight excluding hydrogens is 362 g/mol. The van der Waals surface area contributed by atoms with Crippen molar-refractivity contribution in [2.24, 2.45) is 0 Å². The van der Waals surface area contributed by atoms with Gasteiger partial charge in [0.25, 0.3) is 0 Å². The van der Waals surface area contributed by atoms with Crippen molar-refractivity contribution in [3.63, 3.8) is 0 Å². The lowest BCUT2D eigenvalue weighted by molar-refractivity contribution is -0.122. The predicted octanol–water partition coefficient (Wildman–Crippen LogP) is 4.34. The first-order valence-corrected chi connectivity index (χ1v) is 10.0. The summed E-state index contributed by atoms with van der Waals surface area (Å²) in [7, 11) is 0. The number of phenolic OH excluding ortho intramolecular Hbond substituents is 1. The number of phenols is 1. The molecular formula is C25H25NO3. The normalized spacial score (nSPS) is 16.6. The fraction of sp³-hybridized carbons (Fsp3) is 0.240. The van der Waals surface area contributed by atoms with E-state index in [1.54, 1.807) is 12.1 Å². The Labute approximate surface area is 171 Å². The Bertz CT molecular complexity index is 953.